The van der Waals surface area contributed by atoms with Crippen LogP contribution in [0.5, 0.6) is 0 Å². The van der Waals surface area contributed by atoms with Crippen LogP contribution in [0.15, 0.2) is 83.4 Å². The van der Waals surface area contributed by atoms with Crippen molar-refractivity contribution in [1.82, 2.24) is 0 Å². The van der Waals surface area contributed by atoms with Gasteiger partial charge in [-0.05, 0) is 0 Å². The number of allylic oxidation sites excluding steroid dienone is 4. The van der Waals surface area contributed by atoms with Crippen molar-refractivity contribution >= 4 is 46.8 Å². The molecule has 0 unspecified atom stereocenters. The van der Waals surface area contributed by atoms with Crippen LogP contribution in [-0.4, -0.2) is 0 Å². The quantitative estimate of drug-likeness (QED) is 0.383. The fourth-order valence-corrected chi connectivity index (χ4v) is 5.53. The van der Waals surface area contributed by atoms with Gasteiger partial charge < -0.3 is 0 Å². The largest absolute Gasteiger partial charge is 0.147 e. The van der Waals surface area contributed by atoms with Crippen LogP contribution in [-0.2, 0) is 24.1 Å². The van der Waals surface area contributed by atoms with E-state index in [4.69, 9.17) is 0 Å². The van der Waals surface area contributed by atoms with E-state index in [1.54, 1.807) is 0 Å². The topological polar surface area (TPSA) is 12.0 Å². The van der Waals surface area contributed by atoms with Crippen LogP contribution < -0.4 is 3.80 Å². The summed E-state index contributed by atoms with van der Waals surface area (Å²) in [7, 11) is 0. The molecule has 1 N–H and O–H groups in total. The van der Waals surface area contributed by atoms with E-state index in [9.17, 15) is 0 Å². The molecule has 0 bridgehead atoms. The zero-order chi connectivity index (χ0) is 18.8. The number of rotatable bonds is 5. The molecule has 4 heteroatoms. The van der Waals surface area contributed by atoms with Crippen molar-refractivity contribution in [1.29, 1.82) is 0 Å². The molecule has 4 rings (SSSR count). The predicted octanol–water partition coefficient (Wildman–Crippen LogP) is 7.81. The molecule has 1 aliphatic rings. The molecule has 0 atom stereocenters. The Balaban J connectivity index is 0.00000150. The Hall–Kier alpha value is -1.51. The van der Waals surface area contributed by atoms with Crippen LogP contribution in [0.1, 0.15) is 38.3 Å². The molecule has 3 aromatic carbocycles. The van der Waals surface area contributed by atoms with Crippen LogP contribution in [0.25, 0.3) is 16.3 Å². The van der Waals surface area contributed by atoms with Gasteiger partial charge >= 0.3 is 172 Å². The van der Waals surface area contributed by atoms with Crippen LogP contribution in [0.4, 0.5) is 5.69 Å². The zero-order valence-electron chi connectivity index (χ0n) is 17.1. The maximum absolute atomic E-state index is 3.70. The second kappa shape index (κ2) is 10.5. The van der Waals surface area contributed by atoms with E-state index in [1.807, 2.05) is 0 Å². The molecule has 0 fully saturated rings. The van der Waals surface area contributed by atoms with Gasteiger partial charge in [-0.1, -0.05) is 0 Å². The van der Waals surface area contributed by atoms with Gasteiger partial charge in [-0.15, -0.1) is 24.8 Å². The number of hydrogen-bond donors (Lipinski definition) is 1. The summed E-state index contributed by atoms with van der Waals surface area (Å²) in [5, 5.41) is 2.76. The van der Waals surface area contributed by atoms with E-state index in [-0.39, 0.29) is 44.2 Å². The van der Waals surface area contributed by atoms with Crippen LogP contribution in [0.2, 0.25) is 0 Å². The number of halogens is 2. The van der Waals surface area contributed by atoms with Gasteiger partial charge in [0.15, 0.2) is 0 Å². The van der Waals surface area contributed by atoms with Gasteiger partial charge in [0.25, 0.3) is 0 Å². The van der Waals surface area contributed by atoms with Crippen LogP contribution in [0, 0.1) is 0 Å². The maximum Gasteiger partial charge on any atom is -0.147 e. The third-order valence-electron chi connectivity index (χ3n) is 5.73. The molecule has 1 nitrogen and oxygen atoms in total. The van der Waals surface area contributed by atoms with Crippen LogP contribution >= 0.6 is 24.8 Å². The first-order chi connectivity index (χ1) is 13.1. The van der Waals surface area contributed by atoms with E-state index in [1.165, 1.54) is 49.9 Å². The molecule has 3 aromatic rings. The summed E-state index contributed by atoms with van der Waals surface area (Å²) in [6.07, 6.45) is 1.09. The molecule has 150 valence electrons. The van der Waals surface area contributed by atoms with Gasteiger partial charge in [0.1, 0.15) is 0 Å². The molecule has 1 aliphatic carbocycles. The fourth-order valence-electron chi connectivity index (χ4n) is 3.94. The van der Waals surface area contributed by atoms with Crippen molar-refractivity contribution in [3.63, 3.8) is 0 Å². The summed E-state index contributed by atoms with van der Waals surface area (Å²) >= 11 is -0.313. The Kier molecular flexibility index (Phi) is 8.61. The number of hydrogen-bond acceptors (Lipinski definition) is 1. The SMILES string of the molecule is CC1=C(C)C(C)=C(c2ccc3ccccc3c2[CH2][Ti][NH]c2ccccc2)C1.Cl.Cl. The van der Waals surface area contributed by atoms with Gasteiger partial charge in [0.2, 0.25) is 0 Å². The summed E-state index contributed by atoms with van der Waals surface area (Å²) in [4.78, 5) is 0. The van der Waals surface area contributed by atoms with Crippen molar-refractivity contribution in [2.24, 2.45) is 0 Å². The Bertz CT molecular complexity index is 1050. The standard InChI is InChI=1S/C19H19.C6H6N.2ClH.Ti/c1-12-11-19(14(3)13(12)2)18-10-9-16-7-5-6-8-17(16)15(18)4;7-6-4-2-1-3-5-6;;;/h5-10H,4,11H2,1-3H3;1-5,7H;2*1H;/q;-1;;;+1. The molecule has 0 aliphatic heterocycles. The zero-order valence-corrected chi connectivity index (χ0v) is 20.3. The number of nitrogens with one attached hydrogen (secondary N) is 1. The summed E-state index contributed by atoms with van der Waals surface area (Å²) in [6.45, 7) is 6.83. The van der Waals surface area contributed by atoms with Gasteiger partial charge in [-0.25, -0.2) is 0 Å². The molecule has 0 saturated heterocycles. The van der Waals surface area contributed by atoms with Gasteiger partial charge in [-0.2, -0.15) is 0 Å². The maximum atomic E-state index is 3.70. The van der Waals surface area contributed by atoms with Crippen molar-refractivity contribution in [3.8, 4) is 0 Å². The molecule has 0 heterocycles. The van der Waals surface area contributed by atoms with E-state index in [2.05, 4.69) is 91.3 Å². The minimum absolute atomic E-state index is 0. The third-order valence-corrected chi connectivity index (χ3v) is 7.29. The molecule has 0 radical (unpaired) electrons. The first-order valence-corrected chi connectivity index (χ1v) is 11.4. The summed E-state index contributed by atoms with van der Waals surface area (Å²) in [5.74, 6) is 0. The minimum Gasteiger partial charge on any atom is -0.147 e. The Morgan fingerprint density at radius 2 is 1.48 bits per heavy atom. The van der Waals surface area contributed by atoms with Crippen molar-refractivity contribution in [2.75, 3.05) is 3.80 Å². The second-order valence-corrected chi connectivity index (χ2v) is 8.84. The van der Waals surface area contributed by atoms with E-state index in [0.717, 1.165) is 11.1 Å². The van der Waals surface area contributed by atoms with Crippen molar-refractivity contribution in [2.45, 2.75) is 31.9 Å². The molecule has 0 saturated carbocycles. The molecular weight excluding hydrogens is 433 g/mol. The fraction of sp³-hybridized carbons (Fsp3) is 0.200. The van der Waals surface area contributed by atoms with Crippen LogP contribution in [0.3, 0.4) is 0 Å². The Morgan fingerprint density at radius 1 is 0.793 bits per heavy atom. The first-order valence-electron chi connectivity index (χ1n) is 9.56. The number of fused-ring (bicyclic) bond motifs is 1. The summed E-state index contributed by atoms with van der Waals surface area (Å²) in [5.41, 5.74) is 10.2. The number of benzene rings is 3. The first kappa shape index (κ1) is 23.8. The van der Waals surface area contributed by atoms with E-state index >= 15 is 0 Å². The molecule has 0 aromatic heterocycles. The van der Waals surface area contributed by atoms with Crippen molar-refractivity contribution < 1.29 is 19.4 Å². The average Bonchev–Trinajstić information content (AvgIpc) is 2.96. The van der Waals surface area contributed by atoms with E-state index < -0.39 is 0 Å². The Morgan fingerprint density at radius 3 is 2.17 bits per heavy atom. The van der Waals surface area contributed by atoms with Crippen molar-refractivity contribution in [3.05, 3.63) is 94.6 Å². The molecular formula is C25H27Cl2NTi. The second-order valence-electron chi connectivity index (χ2n) is 7.34. The summed E-state index contributed by atoms with van der Waals surface area (Å²) < 4.78 is 4.84. The molecule has 29 heavy (non-hydrogen) atoms. The predicted molar refractivity (Wildman–Crippen MR) is 128 cm³/mol. The Labute approximate surface area is 195 Å². The van der Waals surface area contributed by atoms with Gasteiger partial charge in [0.05, 0.1) is 0 Å². The smallest absolute Gasteiger partial charge is 0.147 e. The van der Waals surface area contributed by atoms with E-state index in [0.29, 0.717) is 0 Å². The molecule has 0 spiro atoms. The van der Waals surface area contributed by atoms with Gasteiger partial charge in [0, 0.05) is 0 Å². The number of anilines is 1. The number of para-hydroxylation sites is 1. The molecule has 0 amide bonds. The average molecular weight is 460 g/mol. The monoisotopic (exact) mass is 459 g/mol. The van der Waals surface area contributed by atoms with Gasteiger partial charge in [-0.3, -0.25) is 0 Å². The summed E-state index contributed by atoms with van der Waals surface area (Å²) in [6, 6.07) is 24.1. The normalized spacial score (nSPS) is 13.2. The third kappa shape index (κ3) is 4.98. The minimum atomic E-state index is -0.313.